The normalized spacial score (nSPS) is 14.6. The molecular formula is C20H21N7O4S. The molecule has 2 aromatic heterocycles. The number of ether oxygens (including phenoxy) is 1. The molecule has 0 saturated heterocycles. The van der Waals surface area contributed by atoms with Gasteiger partial charge in [0.05, 0.1) is 16.8 Å². The molecule has 3 aromatic rings. The maximum Gasteiger partial charge on any atom is 0.344 e. The van der Waals surface area contributed by atoms with E-state index in [1.165, 1.54) is 6.20 Å². The van der Waals surface area contributed by atoms with Crippen LogP contribution in [0.1, 0.15) is 29.8 Å². The van der Waals surface area contributed by atoms with Gasteiger partial charge < -0.3 is 15.8 Å². The van der Waals surface area contributed by atoms with E-state index in [1.807, 2.05) is 0 Å². The Labute approximate surface area is 184 Å². The number of amidine groups is 1. The first kappa shape index (κ1) is 21.3. The van der Waals surface area contributed by atoms with Crippen molar-refractivity contribution in [3.63, 3.8) is 0 Å². The van der Waals surface area contributed by atoms with E-state index in [1.54, 1.807) is 67.3 Å². The Morgan fingerprint density at radius 3 is 2.81 bits per heavy atom. The maximum atomic E-state index is 12.8. The van der Waals surface area contributed by atoms with Crippen molar-refractivity contribution in [2.75, 3.05) is 11.3 Å². The highest BCUT2D eigenvalue weighted by molar-refractivity contribution is 7.91. The number of benzene rings is 1. The molecule has 11 nitrogen and oxygen atoms in total. The molecule has 0 bridgehead atoms. The van der Waals surface area contributed by atoms with Crippen LogP contribution in [0.15, 0.2) is 59.4 Å². The van der Waals surface area contributed by atoms with Gasteiger partial charge in [0.2, 0.25) is 0 Å². The third kappa shape index (κ3) is 4.54. The summed E-state index contributed by atoms with van der Waals surface area (Å²) in [6.07, 6.45) is 4.89. The van der Waals surface area contributed by atoms with E-state index >= 15 is 0 Å². The van der Waals surface area contributed by atoms with Gasteiger partial charge in [-0.25, -0.2) is 9.67 Å². The monoisotopic (exact) mass is 455 g/mol. The van der Waals surface area contributed by atoms with Gasteiger partial charge in [-0.05, 0) is 44.2 Å². The summed E-state index contributed by atoms with van der Waals surface area (Å²) in [5.74, 6) is 0.389. The van der Waals surface area contributed by atoms with E-state index < -0.39 is 15.7 Å². The fourth-order valence-electron chi connectivity index (χ4n) is 3.10. The van der Waals surface area contributed by atoms with E-state index in [0.29, 0.717) is 22.7 Å². The lowest BCUT2D eigenvalue weighted by Crippen LogP contribution is -2.48. The van der Waals surface area contributed by atoms with Crippen molar-refractivity contribution >= 4 is 27.6 Å². The zero-order valence-electron chi connectivity index (χ0n) is 17.3. The van der Waals surface area contributed by atoms with Crippen LogP contribution >= 0.6 is 0 Å². The Morgan fingerprint density at radius 1 is 1.25 bits per heavy atom. The van der Waals surface area contributed by atoms with Gasteiger partial charge in [0, 0.05) is 24.2 Å². The predicted octanol–water partition coefficient (Wildman–Crippen LogP) is 1.23. The highest BCUT2D eigenvalue weighted by Crippen LogP contribution is 2.30. The molecule has 3 heterocycles. The van der Waals surface area contributed by atoms with Crippen molar-refractivity contribution in [1.29, 1.82) is 0 Å². The second kappa shape index (κ2) is 7.96. The van der Waals surface area contributed by atoms with E-state index in [9.17, 15) is 13.2 Å². The topological polar surface area (TPSA) is 154 Å². The summed E-state index contributed by atoms with van der Waals surface area (Å²) in [4.78, 5) is 17.0. The van der Waals surface area contributed by atoms with Crippen molar-refractivity contribution in [1.82, 2.24) is 20.1 Å². The van der Waals surface area contributed by atoms with E-state index in [4.69, 9.17) is 10.5 Å². The van der Waals surface area contributed by atoms with Gasteiger partial charge in [-0.15, -0.1) is 4.40 Å². The number of hydrogen-bond acceptors (Lipinski definition) is 7. The molecule has 4 rings (SSSR count). The quantitative estimate of drug-likeness (QED) is 0.505. The molecule has 1 amide bonds. The van der Waals surface area contributed by atoms with Crippen LogP contribution in [0.2, 0.25) is 0 Å². The van der Waals surface area contributed by atoms with Crippen molar-refractivity contribution in [3.8, 4) is 11.6 Å². The molecule has 32 heavy (non-hydrogen) atoms. The second-order valence-corrected chi connectivity index (χ2v) is 9.05. The number of anilines is 1. The molecule has 0 spiro atoms. The summed E-state index contributed by atoms with van der Waals surface area (Å²) in [5.41, 5.74) is 6.12. The summed E-state index contributed by atoms with van der Waals surface area (Å²) in [6.45, 7) is 3.69. The molecular weight excluding hydrogens is 434 g/mol. The molecule has 0 unspecified atom stereocenters. The molecule has 0 saturated carbocycles. The molecule has 0 fully saturated rings. The lowest BCUT2D eigenvalue weighted by atomic mass is 10.1. The molecule has 166 valence electrons. The highest BCUT2D eigenvalue weighted by Gasteiger charge is 2.27. The number of nitrogens with two attached hydrogens (primary N) is 1. The number of carbonyl (C=O) groups is 1. The number of amides is 1. The summed E-state index contributed by atoms with van der Waals surface area (Å²) in [7, 11) is -3.88. The number of hydrogen-bond donors (Lipinski definition) is 3. The van der Waals surface area contributed by atoms with Crippen molar-refractivity contribution in [2.45, 2.75) is 19.4 Å². The first-order chi connectivity index (χ1) is 15.1. The number of pyridine rings is 1. The number of nitrogens with one attached hydrogen (secondary N) is 2. The van der Waals surface area contributed by atoms with E-state index in [0.717, 1.165) is 0 Å². The summed E-state index contributed by atoms with van der Waals surface area (Å²) in [5, 5.41) is 7.04. The Hall–Kier alpha value is -3.93. The fourth-order valence-corrected chi connectivity index (χ4v) is 3.94. The van der Waals surface area contributed by atoms with Crippen LogP contribution in [0.25, 0.3) is 5.82 Å². The maximum absolute atomic E-state index is 12.8. The van der Waals surface area contributed by atoms with Crippen LogP contribution in [-0.4, -0.2) is 47.1 Å². The predicted molar refractivity (Wildman–Crippen MR) is 118 cm³/mol. The van der Waals surface area contributed by atoms with Gasteiger partial charge in [-0.1, -0.05) is 6.07 Å². The fraction of sp³-hybridized carbons (Fsp3) is 0.200. The molecule has 12 heteroatoms. The molecule has 0 aliphatic carbocycles. The van der Waals surface area contributed by atoms with Gasteiger partial charge in [-0.3, -0.25) is 9.52 Å². The minimum absolute atomic E-state index is 0.0896. The van der Waals surface area contributed by atoms with Crippen molar-refractivity contribution in [3.05, 3.63) is 66.1 Å². The zero-order valence-corrected chi connectivity index (χ0v) is 18.1. The molecule has 0 atom stereocenters. The average molecular weight is 456 g/mol. The van der Waals surface area contributed by atoms with Gasteiger partial charge >= 0.3 is 10.2 Å². The van der Waals surface area contributed by atoms with Crippen LogP contribution < -0.4 is 20.5 Å². The van der Waals surface area contributed by atoms with Crippen LogP contribution in [0.5, 0.6) is 5.75 Å². The third-order valence-electron chi connectivity index (χ3n) is 4.53. The lowest BCUT2D eigenvalue weighted by molar-refractivity contribution is 0.0880. The number of carbonyl (C=O) groups excluding carboxylic acids is 1. The van der Waals surface area contributed by atoms with E-state index in [2.05, 4.69) is 24.5 Å². The standard InChI is InChI=1S/C20H21N7O4S/c1-20(2,24-19(28)13-7-9-22-16(11-13)27-10-4-8-23-27)12-31-15-6-3-5-14-17(15)18(21)26-32(29,30)25-14/h3-11,25H,12H2,1-2H3,(H2,21,26)(H,24,28). The number of aromatic nitrogens is 3. The van der Waals surface area contributed by atoms with Gasteiger partial charge in [0.15, 0.2) is 11.7 Å². The van der Waals surface area contributed by atoms with Gasteiger partial charge in [0.1, 0.15) is 12.4 Å². The van der Waals surface area contributed by atoms with Crippen LogP contribution in [0.3, 0.4) is 0 Å². The molecule has 1 aromatic carbocycles. The Morgan fingerprint density at radius 2 is 2.06 bits per heavy atom. The number of rotatable bonds is 6. The lowest BCUT2D eigenvalue weighted by Gasteiger charge is -2.27. The largest absolute Gasteiger partial charge is 0.490 e. The van der Waals surface area contributed by atoms with Crippen molar-refractivity contribution in [2.24, 2.45) is 10.1 Å². The number of fused-ring (bicyclic) bond motifs is 1. The molecule has 1 aliphatic rings. The summed E-state index contributed by atoms with van der Waals surface area (Å²) < 4.78 is 36.7. The van der Waals surface area contributed by atoms with Crippen LogP contribution in [-0.2, 0) is 10.2 Å². The minimum Gasteiger partial charge on any atom is -0.490 e. The van der Waals surface area contributed by atoms with E-state index in [-0.39, 0.29) is 24.0 Å². The minimum atomic E-state index is -3.88. The highest BCUT2D eigenvalue weighted by atomic mass is 32.2. The molecule has 0 radical (unpaired) electrons. The number of nitrogens with zero attached hydrogens (tertiary/aromatic N) is 4. The zero-order chi connectivity index (χ0) is 22.9. The Balaban J connectivity index is 1.47. The van der Waals surface area contributed by atoms with Gasteiger partial charge in [0.25, 0.3) is 5.91 Å². The Bertz CT molecular complexity index is 1300. The average Bonchev–Trinajstić information content (AvgIpc) is 3.26. The van der Waals surface area contributed by atoms with Crippen LogP contribution in [0.4, 0.5) is 5.69 Å². The Kier molecular flexibility index (Phi) is 5.30. The first-order valence-corrected chi connectivity index (χ1v) is 11.0. The third-order valence-corrected chi connectivity index (χ3v) is 5.44. The molecule has 1 aliphatic heterocycles. The smallest absolute Gasteiger partial charge is 0.344 e. The first-order valence-electron chi connectivity index (χ1n) is 9.56. The summed E-state index contributed by atoms with van der Waals surface area (Å²) >= 11 is 0. The SMILES string of the molecule is CC(C)(COc1cccc2c1C(N)=NS(=O)(=O)N2)NC(=O)c1ccnc(-n2cccn2)c1. The van der Waals surface area contributed by atoms with Gasteiger partial charge in [-0.2, -0.15) is 13.5 Å². The second-order valence-electron chi connectivity index (χ2n) is 7.71. The molecule has 4 N–H and O–H groups in total. The van der Waals surface area contributed by atoms with Crippen LogP contribution in [0, 0.1) is 0 Å². The summed E-state index contributed by atoms with van der Waals surface area (Å²) in [6, 6.07) is 9.85. The van der Waals surface area contributed by atoms with Crippen molar-refractivity contribution < 1.29 is 17.9 Å².